The molecule has 4 rings (SSSR count). The summed E-state index contributed by atoms with van der Waals surface area (Å²) >= 11 is 18.3. The highest BCUT2D eigenvalue weighted by Crippen LogP contribution is 2.30. The van der Waals surface area contributed by atoms with E-state index < -0.39 is 0 Å². The number of benzene rings is 2. The fourth-order valence-electron chi connectivity index (χ4n) is 3.90. The van der Waals surface area contributed by atoms with Crippen LogP contribution in [0.25, 0.3) is 6.08 Å². The number of ether oxygens (including phenoxy) is 1. The van der Waals surface area contributed by atoms with Gasteiger partial charge in [0.25, 0.3) is 5.91 Å². The Bertz CT molecular complexity index is 1050. The summed E-state index contributed by atoms with van der Waals surface area (Å²) < 4.78 is 5.78. The van der Waals surface area contributed by atoms with Crippen LogP contribution >= 0.6 is 34.8 Å². The van der Waals surface area contributed by atoms with Crippen molar-refractivity contribution in [1.29, 1.82) is 0 Å². The van der Waals surface area contributed by atoms with Crippen molar-refractivity contribution in [1.82, 2.24) is 10.2 Å². The van der Waals surface area contributed by atoms with Gasteiger partial charge in [0.05, 0.1) is 15.1 Å². The van der Waals surface area contributed by atoms with Crippen LogP contribution in [0.15, 0.2) is 42.1 Å². The van der Waals surface area contributed by atoms with Crippen molar-refractivity contribution in [3.8, 4) is 5.75 Å². The van der Waals surface area contributed by atoms with Crippen molar-refractivity contribution in [2.75, 3.05) is 0 Å². The molecule has 0 atom stereocenters. The average Bonchev–Trinajstić information content (AvgIpc) is 3.03. The molecule has 31 heavy (non-hydrogen) atoms. The zero-order chi connectivity index (χ0) is 22.0. The molecule has 2 aromatic carbocycles. The van der Waals surface area contributed by atoms with E-state index in [1.165, 1.54) is 4.90 Å². The first-order valence-corrected chi connectivity index (χ1v) is 11.3. The maximum Gasteiger partial charge on any atom is 0.329 e. The van der Waals surface area contributed by atoms with Gasteiger partial charge < -0.3 is 10.1 Å². The Hall–Kier alpha value is -2.21. The van der Waals surface area contributed by atoms with Crippen molar-refractivity contribution in [3.63, 3.8) is 0 Å². The van der Waals surface area contributed by atoms with Gasteiger partial charge in [-0.3, -0.25) is 9.69 Å². The molecule has 1 aliphatic heterocycles. The van der Waals surface area contributed by atoms with Crippen molar-refractivity contribution in [3.05, 3.63) is 68.3 Å². The normalized spacial score (nSPS) is 18.5. The van der Waals surface area contributed by atoms with Crippen LogP contribution in [0.4, 0.5) is 4.79 Å². The highest BCUT2D eigenvalue weighted by molar-refractivity contribution is 6.42. The maximum absolute atomic E-state index is 12.8. The van der Waals surface area contributed by atoms with Crippen LogP contribution in [0, 0.1) is 0 Å². The van der Waals surface area contributed by atoms with Gasteiger partial charge in [-0.15, -0.1) is 0 Å². The second-order valence-electron chi connectivity index (χ2n) is 7.68. The molecule has 0 bridgehead atoms. The highest BCUT2D eigenvalue weighted by Gasteiger charge is 2.38. The molecule has 2 fully saturated rings. The predicted octanol–water partition coefficient (Wildman–Crippen LogP) is 6.45. The Kier molecular flexibility index (Phi) is 6.75. The first kappa shape index (κ1) is 22.0. The number of hydrogen-bond donors (Lipinski definition) is 1. The first-order valence-electron chi connectivity index (χ1n) is 10.1. The second kappa shape index (κ2) is 9.51. The molecular weight excluding hydrogens is 459 g/mol. The molecule has 0 aromatic heterocycles. The summed E-state index contributed by atoms with van der Waals surface area (Å²) in [5.74, 6) is 0.216. The maximum atomic E-state index is 12.8. The standard InChI is InChI=1S/C23H21Cl3N2O3/c24-17-8-6-15(11-18(17)25)13-31-21-9-7-14(10-19(21)26)12-20-22(29)28(23(30)27-20)16-4-2-1-3-5-16/h6-12,16H,1-5,13H2,(H,27,30)/b20-12-. The largest absolute Gasteiger partial charge is 0.487 e. The van der Waals surface area contributed by atoms with Crippen molar-refractivity contribution < 1.29 is 14.3 Å². The van der Waals surface area contributed by atoms with Crippen LogP contribution in [0.2, 0.25) is 15.1 Å². The van der Waals surface area contributed by atoms with Gasteiger partial charge in [-0.2, -0.15) is 0 Å². The molecule has 1 saturated carbocycles. The molecule has 1 N–H and O–H groups in total. The van der Waals surface area contributed by atoms with E-state index in [9.17, 15) is 9.59 Å². The summed E-state index contributed by atoms with van der Waals surface area (Å²) in [5, 5.41) is 4.03. The predicted molar refractivity (Wildman–Crippen MR) is 122 cm³/mol. The topological polar surface area (TPSA) is 58.6 Å². The van der Waals surface area contributed by atoms with Crippen LogP contribution in [0.3, 0.4) is 0 Å². The molecule has 2 aromatic rings. The van der Waals surface area contributed by atoms with Crippen LogP contribution < -0.4 is 10.1 Å². The molecule has 1 aliphatic carbocycles. The molecule has 0 unspecified atom stereocenters. The summed E-state index contributed by atoms with van der Waals surface area (Å²) in [6, 6.07) is 10.1. The Morgan fingerprint density at radius 2 is 1.74 bits per heavy atom. The van der Waals surface area contributed by atoms with Crippen LogP contribution in [-0.2, 0) is 11.4 Å². The van der Waals surface area contributed by atoms with Gasteiger partial charge in [0.1, 0.15) is 18.1 Å². The molecule has 8 heteroatoms. The van der Waals surface area contributed by atoms with E-state index in [1.807, 2.05) is 6.07 Å². The molecule has 2 aliphatic rings. The first-order chi connectivity index (χ1) is 14.9. The van der Waals surface area contributed by atoms with Gasteiger partial charge in [-0.05, 0) is 54.3 Å². The Balaban J connectivity index is 1.45. The zero-order valence-electron chi connectivity index (χ0n) is 16.7. The summed E-state index contributed by atoms with van der Waals surface area (Å²) in [5.41, 5.74) is 1.82. The number of amides is 3. The lowest BCUT2D eigenvalue weighted by molar-refractivity contribution is -0.124. The monoisotopic (exact) mass is 478 g/mol. The summed E-state index contributed by atoms with van der Waals surface area (Å²) in [4.78, 5) is 26.5. The molecule has 1 heterocycles. The number of hydrogen-bond acceptors (Lipinski definition) is 3. The minimum Gasteiger partial charge on any atom is -0.487 e. The SMILES string of the molecule is O=C1N/C(=C\c2ccc(OCc3ccc(Cl)c(Cl)c3)c(Cl)c2)C(=O)N1C1CCCCC1. The van der Waals surface area contributed by atoms with Gasteiger partial charge in [0.15, 0.2) is 0 Å². The van der Waals surface area contributed by atoms with Crippen molar-refractivity contribution >= 4 is 52.8 Å². The fraction of sp³-hybridized carbons (Fsp3) is 0.304. The lowest BCUT2D eigenvalue weighted by Gasteiger charge is -2.28. The molecule has 0 radical (unpaired) electrons. The molecule has 5 nitrogen and oxygen atoms in total. The van der Waals surface area contributed by atoms with E-state index in [4.69, 9.17) is 39.5 Å². The van der Waals surface area contributed by atoms with E-state index in [-0.39, 0.29) is 30.3 Å². The number of nitrogens with one attached hydrogen (secondary N) is 1. The minimum absolute atomic E-state index is 0.0205. The molecule has 1 saturated heterocycles. The van der Waals surface area contributed by atoms with E-state index in [0.717, 1.165) is 37.7 Å². The lowest BCUT2D eigenvalue weighted by Crippen LogP contribution is -2.41. The van der Waals surface area contributed by atoms with E-state index in [0.29, 0.717) is 26.4 Å². The number of urea groups is 1. The van der Waals surface area contributed by atoms with Gasteiger partial charge >= 0.3 is 6.03 Å². The number of carbonyl (C=O) groups excluding carboxylic acids is 2. The minimum atomic E-state index is -0.351. The Morgan fingerprint density at radius 3 is 2.45 bits per heavy atom. The highest BCUT2D eigenvalue weighted by atomic mass is 35.5. The number of imide groups is 1. The molecule has 0 spiro atoms. The Morgan fingerprint density at radius 1 is 0.968 bits per heavy atom. The third kappa shape index (κ3) is 5.00. The average molecular weight is 480 g/mol. The van der Waals surface area contributed by atoms with Gasteiger partial charge in [0.2, 0.25) is 0 Å². The fourth-order valence-corrected chi connectivity index (χ4v) is 4.46. The van der Waals surface area contributed by atoms with Crippen LogP contribution in [0.1, 0.15) is 43.2 Å². The number of rotatable bonds is 5. The van der Waals surface area contributed by atoms with Gasteiger partial charge in [0, 0.05) is 6.04 Å². The van der Waals surface area contributed by atoms with E-state index in [1.54, 1.807) is 36.4 Å². The van der Waals surface area contributed by atoms with Crippen molar-refractivity contribution in [2.24, 2.45) is 0 Å². The molecule has 3 amide bonds. The van der Waals surface area contributed by atoms with Gasteiger partial charge in [-0.25, -0.2) is 4.79 Å². The van der Waals surface area contributed by atoms with Crippen LogP contribution in [0.5, 0.6) is 5.75 Å². The van der Waals surface area contributed by atoms with E-state index in [2.05, 4.69) is 5.32 Å². The lowest BCUT2D eigenvalue weighted by atomic mass is 9.94. The number of halogens is 3. The third-order valence-electron chi connectivity index (χ3n) is 5.49. The van der Waals surface area contributed by atoms with Crippen LogP contribution in [-0.4, -0.2) is 22.9 Å². The van der Waals surface area contributed by atoms with E-state index >= 15 is 0 Å². The van der Waals surface area contributed by atoms with Crippen molar-refractivity contribution in [2.45, 2.75) is 44.8 Å². The summed E-state index contributed by atoms with van der Waals surface area (Å²) in [6.07, 6.45) is 6.60. The molecular formula is C23H21Cl3N2O3. The van der Waals surface area contributed by atoms with Gasteiger partial charge in [-0.1, -0.05) is 66.2 Å². The number of carbonyl (C=O) groups is 2. The summed E-state index contributed by atoms with van der Waals surface area (Å²) in [6.45, 7) is 0.280. The third-order valence-corrected chi connectivity index (χ3v) is 6.53. The smallest absolute Gasteiger partial charge is 0.329 e. The molecule has 162 valence electrons. The summed E-state index contributed by atoms with van der Waals surface area (Å²) in [7, 11) is 0. The second-order valence-corrected chi connectivity index (χ2v) is 8.90. The number of nitrogens with zero attached hydrogens (tertiary/aromatic N) is 1. The Labute approximate surface area is 195 Å². The zero-order valence-corrected chi connectivity index (χ0v) is 18.9. The quantitative estimate of drug-likeness (QED) is 0.396.